The molecule has 25 heavy (non-hydrogen) atoms. The quantitative estimate of drug-likeness (QED) is 0.854. The van der Waals surface area contributed by atoms with Crippen molar-refractivity contribution in [3.05, 3.63) is 35.9 Å². The number of fused-ring (bicyclic) bond motifs is 2. The molecular formula is C19H27N3O3. The van der Waals surface area contributed by atoms with E-state index in [1.165, 1.54) is 0 Å². The minimum Gasteiger partial charge on any atom is -0.370 e. The predicted octanol–water partition coefficient (Wildman–Crippen LogP) is 1.76. The van der Waals surface area contributed by atoms with Crippen molar-refractivity contribution in [3.8, 4) is 0 Å². The summed E-state index contributed by atoms with van der Waals surface area (Å²) in [6, 6.07) is 9.74. The molecule has 3 amide bonds. The van der Waals surface area contributed by atoms with Gasteiger partial charge in [0.25, 0.3) is 0 Å². The van der Waals surface area contributed by atoms with Gasteiger partial charge in [0.15, 0.2) is 0 Å². The van der Waals surface area contributed by atoms with Crippen LogP contribution in [0.2, 0.25) is 0 Å². The lowest BCUT2D eigenvalue weighted by molar-refractivity contribution is -0.127. The minimum absolute atomic E-state index is 0.0453. The summed E-state index contributed by atoms with van der Waals surface area (Å²) < 4.78 is 5.90. The lowest BCUT2D eigenvalue weighted by Crippen LogP contribution is -2.51. The molecule has 0 unspecified atom stereocenters. The zero-order valence-corrected chi connectivity index (χ0v) is 14.9. The van der Waals surface area contributed by atoms with Crippen LogP contribution in [0.15, 0.2) is 30.3 Å². The Labute approximate surface area is 148 Å². The lowest BCUT2D eigenvalue weighted by atomic mass is 9.99. The monoisotopic (exact) mass is 345 g/mol. The average molecular weight is 345 g/mol. The van der Waals surface area contributed by atoms with E-state index in [-0.39, 0.29) is 30.1 Å². The van der Waals surface area contributed by atoms with E-state index >= 15 is 0 Å². The summed E-state index contributed by atoms with van der Waals surface area (Å²) >= 11 is 0. The molecule has 2 saturated heterocycles. The number of nitrogens with one attached hydrogen (secondary N) is 2. The Morgan fingerprint density at radius 1 is 1.20 bits per heavy atom. The first-order chi connectivity index (χ1) is 12.0. The molecule has 2 bridgehead atoms. The molecular weight excluding hydrogens is 318 g/mol. The van der Waals surface area contributed by atoms with Crippen LogP contribution in [0.3, 0.4) is 0 Å². The highest BCUT2D eigenvalue weighted by molar-refractivity contribution is 5.80. The fraction of sp³-hybridized carbons (Fsp3) is 0.579. The molecule has 1 aromatic rings. The molecule has 3 atom stereocenters. The SMILES string of the molecule is CC(C)CNC(=O)[C@@H]1C[C@H]2CN(C(=O)NCc3ccccc3)C[C@@H]1O2. The number of carbonyl (C=O) groups excluding carboxylic acids is 2. The molecule has 0 saturated carbocycles. The van der Waals surface area contributed by atoms with Gasteiger partial charge in [0.2, 0.25) is 5.91 Å². The van der Waals surface area contributed by atoms with Crippen molar-refractivity contribution in [1.82, 2.24) is 15.5 Å². The number of rotatable bonds is 5. The van der Waals surface area contributed by atoms with Gasteiger partial charge >= 0.3 is 6.03 Å². The molecule has 0 spiro atoms. The van der Waals surface area contributed by atoms with Crippen molar-refractivity contribution in [2.24, 2.45) is 11.8 Å². The number of hydrogen-bond donors (Lipinski definition) is 2. The van der Waals surface area contributed by atoms with E-state index in [0.717, 1.165) is 5.56 Å². The van der Waals surface area contributed by atoms with E-state index in [0.29, 0.717) is 38.5 Å². The van der Waals surface area contributed by atoms with Crippen LogP contribution < -0.4 is 10.6 Å². The molecule has 0 aliphatic carbocycles. The molecule has 136 valence electrons. The molecule has 2 fully saturated rings. The molecule has 2 aliphatic heterocycles. The van der Waals surface area contributed by atoms with Crippen molar-refractivity contribution in [2.45, 2.75) is 39.0 Å². The number of nitrogens with zero attached hydrogens (tertiary/aromatic N) is 1. The maximum atomic E-state index is 12.4. The normalized spacial score (nSPS) is 25.1. The van der Waals surface area contributed by atoms with Gasteiger partial charge in [-0.3, -0.25) is 4.79 Å². The standard InChI is InChI=1S/C19H27N3O3/c1-13(2)9-20-18(23)16-8-15-11-22(12-17(16)25-15)19(24)21-10-14-6-4-3-5-7-14/h3-7,13,15-17H,8-12H2,1-2H3,(H,20,23)(H,21,24)/t15-,16+,17-/m0/s1. The Morgan fingerprint density at radius 3 is 2.68 bits per heavy atom. The highest BCUT2D eigenvalue weighted by Gasteiger charge is 2.45. The highest BCUT2D eigenvalue weighted by atomic mass is 16.5. The van der Waals surface area contributed by atoms with Crippen LogP contribution in [0.4, 0.5) is 4.79 Å². The number of hydrogen-bond acceptors (Lipinski definition) is 3. The molecule has 2 aliphatic rings. The second-order valence-corrected chi connectivity index (χ2v) is 7.33. The summed E-state index contributed by atoms with van der Waals surface area (Å²) in [5.41, 5.74) is 1.07. The van der Waals surface area contributed by atoms with Crippen LogP contribution in [0.1, 0.15) is 25.8 Å². The van der Waals surface area contributed by atoms with Crippen molar-refractivity contribution in [1.29, 1.82) is 0 Å². The van der Waals surface area contributed by atoms with Crippen LogP contribution in [0.5, 0.6) is 0 Å². The zero-order valence-electron chi connectivity index (χ0n) is 14.9. The maximum absolute atomic E-state index is 12.4. The van der Waals surface area contributed by atoms with Gasteiger partial charge in [-0.15, -0.1) is 0 Å². The molecule has 3 rings (SSSR count). The highest BCUT2D eigenvalue weighted by Crippen LogP contribution is 2.32. The Hall–Kier alpha value is -2.08. The van der Waals surface area contributed by atoms with E-state index < -0.39 is 0 Å². The maximum Gasteiger partial charge on any atom is 0.317 e. The van der Waals surface area contributed by atoms with Crippen LogP contribution in [-0.2, 0) is 16.1 Å². The van der Waals surface area contributed by atoms with Crippen LogP contribution in [-0.4, -0.2) is 48.7 Å². The minimum atomic E-state index is -0.201. The van der Waals surface area contributed by atoms with Crippen molar-refractivity contribution >= 4 is 11.9 Å². The van der Waals surface area contributed by atoms with Crippen LogP contribution in [0.25, 0.3) is 0 Å². The molecule has 2 heterocycles. The summed E-state index contributed by atoms with van der Waals surface area (Å²) in [7, 11) is 0. The summed E-state index contributed by atoms with van der Waals surface area (Å²) in [5.74, 6) is 0.314. The van der Waals surface area contributed by atoms with Crippen LogP contribution >= 0.6 is 0 Å². The smallest absolute Gasteiger partial charge is 0.317 e. The third kappa shape index (κ3) is 4.51. The van der Waals surface area contributed by atoms with Gasteiger partial charge in [0.05, 0.1) is 18.1 Å². The number of morpholine rings is 1. The number of amides is 3. The van der Waals surface area contributed by atoms with E-state index in [1.807, 2.05) is 30.3 Å². The zero-order chi connectivity index (χ0) is 17.8. The van der Waals surface area contributed by atoms with E-state index in [2.05, 4.69) is 24.5 Å². The number of ether oxygens (including phenoxy) is 1. The number of urea groups is 1. The molecule has 0 aromatic heterocycles. The Kier molecular flexibility index (Phi) is 5.58. The van der Waals surface area contributed by atoms with Gasteiger partial charge in [-0.2, -0.15) is 0 Å². The van der Waals surface area contributed by atoms with Gasteiger partial charge in [0, 0.05) is 26.2 Å². The first-order valence-corrected chi connectivity index (χ1v) is 9.03. The van der Waals surface area contributed by atoms with Gasteiger partial charge in [-0.25, -0.2) is 4.79 Å². The molecule has 0 radical (unpaired) electrons. The second-order valence-electron chi connectivity index (χ2n) is 7.33. The lowest BCUT2D eigenvalue weighted by Gasteiger charge is -2.32. The first kappa shape index (κ1) is 17.7. The largest absolute Gasteiger partial charge is 0.370 e. The van der Waals surface area contributed by atoms with E-state index in [9.17, 15) is 9.59 Å². The third-order valence-electron chi connectivity index (χ3n) is 4.75. The Morgan fingerprint density at radius 2 is 1.96 bits per heavy atom. The third-order valence-corrected chi connectivity index (χ3v) is 4.75. The summed E-state index contributed by atoms with van der Waals surface area (Å²) in [6.07, 6.45) is 0.446. The van der Waals surface area contributed by atoms with Crippen molar-refractivity contribution in [3.63, 3.8) is 0 Å². The van der Waals surface area contributed by atoms with Crippen molar-refractivity contribution < 1.29 is 14.3 Å². The van der Waals surface area contributed by atoms with Gasteiger partial charge in [-0.1, -0.05) is 44.2 Å². The number of benzene rings is 1. The van der Waals surface area contributed by atoms with E-state index in [4.69, 9.17) is 4.74 Å². The summed E-state index contributed by atoms with van der Waals surface area (Å²) in [6.45, 7) is 6.34. The Bertz CT molecular complexity index is 605. The van der Waals surface area contributed by atoms with Gasteiger partial charge in [-0.05, 0) is 17.9 Å². The van der Waals surface area contributed by atoms with E-state index in [1.54, 1.807) is 4.90 Å². The topological polar surface area (TPSA) is 70.7 Å². The fourth-order valence-electron chi connectivity index (χ4n) is 3.42. The molecule has 1 aromatic carbocycles. The molecule has 2 N–H and O–H groups in total. The molecule has 6 heteroatoms. The summed E-state index contributed by atoms with van der Waals surface area (Å²) in [5, 5.41) is 5.94. The first-order valence-electron chi connectivity index (χ1n) is 9.03. The summed E-state index contributed by atoms with van der Waals surface area (Å²) in [4.78, 5) is 26.6. The van der Waals surface area contributed by atoms with Gasteiger partial charge in [0.1, 0.15) is 0 Å². The van der Waals surface area contributed by atoms with Crippen molar-refractivity contribution in [2.75, 3.05) is 19.6 Å². The average Bonchev–Trinajstić information content (AvgIpc) is 2.92. The Balaban J connectivity index is 1.51. The molecule has 6 nitrogen and oxygen atoms in total. The number of likely N-dealkylation sites (tertiary alicyclic amines) is 1. The van der Waals surface area contributed by atoms with Gasteiger partial charge < -0.3 is 20.3 Å². The number of carbonyl (C=O) groups is 2. The predicted molar refractivity (Wildman–Crippen MR) is 94.9 cm³/mol. The fourth-order valence-corrected chi connectivity index (χ4v) is 3.42. The van der Waals surface area contributed by atoms with Crippen LogP contribution in [0, 0.1) is 11.8 Å². The second kappa shape index (κ2) is 7.87.